The van der Waals surface area contributed by atoms with E-state index in [2.05, 4.69) is 0 Å². The molecule has 0 aliphatic rings. The normalized spacial score (nSPS) is 15.5. The molecule has 0 aliphatic heterocycles. The molecular formula is C10H8ClF4NO4S. The van der Waals surface area contributed by atoms with Crippen molar-refractivity contribution in [2.45, 2.75) is 23.5 Å². The minimum atomic E-state index is -5.39. The molecule has 0 saturated heterocycles. The molecule has 0 saturated carbocycles. The Morgan fingerprint density at radius 3 is 2.24 bits per heavy atom. The van der Waals surface area contributed by atoms with Crippen LogP contribution in [0.5, 0.6) is 0 Å². The predicted octanol–water partition coefficient (Wildman–Crippen LogP) is 2.16. The number of halogens is 5. The van der Waals surface area contributed by atoms with Gasteiger partial charge in [-0.25, -0.2) is 17.6 Å². The Kier molecular flexibility index (Phi) is 4.56. The zero-order chi connectivity index (χ0) is 16.6. The first kappa shape index (κ1) is 17.7. The largest absolute Gasteiger partial charge is 0.480 e. The van der Waals surface area contributed by atoms with Crippen molar-refractivity contribution in [3.05, 3.63) is 29.0 Å². The molecule has 118 valence electrons. The van der Waals surface area contributed by atoms with Crippen molar-refractivity contribution in [1.82, 2.24) is 4.72 Å². The van der Waals surface area contributed by atoms with E-state index in [-0.39, 0.29) is 6.92 Å². The second-order valence-electron chi connectivity index (χ2n) is 4.11. The summed E-state index contributed by atoms with van der Waals surface area (Å²) in [6.45, 7) is 0.151. The molecule has 1 aromatic rings. The first-order valence-corrected chi connectivity index (χ1v) is 6.96. The van der Waals surface area contributed by atoms with Crippen molar-refractivity contribution in [2.24, 2.45) is 0 Å². The summed E-state index contributed by atoms with van der Waals surface area (Å²) in [5.41, 5.74) is -3.74. The number of benzene rings is 1. The number of carbonyl (C=O) groups is 1. The molecular weight excluding hydrogens is 342 g/mol. The van der Waals surface area contributed by atoms with E-state index in [1.54, 1.807) is 0 Å². The predicted molar refractivity (Wildman–Crippen MR) is 63.8 cm³/mol. The fourth-order valence-corrected chi connectivity index (χ4v) is 2.82. The summed E-state index contributed by atoms with van der Waals surface area (Å²) in [7, 11) is -4.89. The van der Waals surface area contributed by atoms with E-state index in [1.165, 1.54) is 0 Å². The van der Waals surface area contributed by atoms with E-state index in [0.29, 0.717) is 18.2 Å². The van der Waals surface area contributed by atoms with Gasteiger partial charge in [-0.2, -0.15) is 17.9 Å². The highest BCUT2D eigenvalue weighted by Crippen LogP contribution is 2.32. The van der Waals surface area contributed by atoms with Gasteiger partial charge in [0.05, 0.1) is 9.92 Å². The third-order valence-corrected chi connectivity index (χ3v) is 4.38. The smallest absolute Gasteiger partial charge is 0.418 e. The van der Waals surface area contributed by atoms with Gasteiger partial charge >= 0.3 is 12.1 Å². The van der Waals surface area contributed by atoms with E-state index < -0.39 is 43.4 Å². The second-order valence-corrected chi connectivity index (χ2v) is 6.20. The van der Waals surface area contributed by atoms with Gasteiger partial charge in [-0.05, 0) is 25.1 Å². The van der Waals surface area contributed by atoms with Crippen LogP contribution in [0.2, 0.25) is 5.02 Å². The van der Waals surface area contributed by atoms with Crippen LogP contribution in [0.25, 0.3) is 0 Å². The Morgan fingerprint density at radius 2 is 1.86 bits per heavy atom. The van der Waals surface area contributed by atoms with Crippen molar-refractivity contribution in [2.75, 3.05) is 0 Å². The monoisotopic (exact) mass is 349 g/mol. The van der Waals surface area contributed by atoms with Gasteiger partial charge in [0, 0.05) is 0 Å². The molecule has 0 spiro atoms. The zero-order valence-corrected chi connectivity index (χ0v) is 11.8. The standard InChI is InChI=1S/C10H8ClF4NO4S/c1-9(8(17)18,10(13,14)15)16-21(19,20)5-2-3-7(12)6(11)4-5/h2-4,16H,1H3,(H,17,18). The molecule has 1 atom stereocenters. The quantitative estimate of drug-likeness (QED) is 0.816. The Morgan fingerprint density at radius 1 is 1.33 bits per heavy atom. The fourth-order valence-electron chi connectivity index (χ4n) is 1.19. The highest BCUT2D eigenvalue weighted by atomic mass is 35.5. The number of rotatable bonds is 4. The van der Waals surface area contributed by atoms with Crippen LogP contribution in [0.4, 0.5) is 17.6 Å². The number of alkyl halides is 3. The van der Waals surface area contributed by atoms with Gasteiger partial charge in [-0.15, -0.1) is 0 Å². The maximum Gasteiger partial charge on any atom is 0.418 e. The van der Waals surface area contributed by atoms with Crippen LogP contribution in [0, 0.1) is 5.82 Å². The lowest BCUT2D eigenvalue weighted by Crippen LogP contribution is -2.61. The fraction of sp³-hybridized carbons (Fsp3) is 0.300. The van der Waals surface area contributed by atoms with Crippen LogP contribution in [0.15, 0.2) is 23.1 Å². The van der Waals surface area contributed by atoms with Gasteiger partial charge in [0.25, 0.3) is 0 Å². The van der Waals surface area contributed by atoms with Gasteiger partial charge in [-0.3, -0.25) is 0 Å². The molecule has 0 bridgehead atoms. The summed E-state index contributed by atoms with van der Waals surface area (Å²) >= 11 is 5.34. The summed E-state index contributed by atoms with van der Waals surface area (Å²) in [5.74, 6) is -3.42. The first-order chi connectivity index (χ1) is 9.31. The van der Waals surface area contributed by atoms with Crippen LogP contribution in [0.3, 0.4) is 0 Å². The molecule has 0 aromatic heterocycles. The molecule has 11 heteroatoms. The SMILES string of the molecule is CC(NS(=O)(=O)c1ccc(F)c(Cl)c1)(C(=O)O)C(F)(F)F. The van der Waals surface area contributed by atoms with Crippen LogP contribution in [-0.4, -0.2) is 31.2 Å². The summed E-state index contributed by atoms with van der Waals surface area (Å²) in [5, 5.41) is 8.01. The van der Waals surface area contributed by atoms with E-state index in [1.807, 2.05) is 0 Å². The second kappa shape index (κ2) is 5.43. The third kappa shape index (κ3) is 3.44. The summed E-state index contributed by atoms with van der Waals surface area (Å²) in [4.78, 5) is 9.96. The first-order valence-electron chi connectivity index (χ1n) is 5.10. The number of aliphatic carboxylic acids is 1. The highest BCUT2D eigenvalue weighted by Gasteiger charge is 2.59. The zero-order valence-electron chi connectivity index (χ0n) is 10.2. The van der Waals surface area contributed by atoms with Crippen molar-refractivity contribution < 1.29 is 35.9 Å². The molecule has 5 nitrogen and oxygen atoms in total. The van der Waals surface area contributed by atoms with Crippen molar-refractivity contribution in [1.29, 1.82) is 0 Å². The van der Waals surface area contributed by atoms with Gasteiger partial charge in [0.1, 0.15) is 5.82 Å². The van der Waals surface area contributed by atoms with Gasteiger partial charge in [-0.1, -0.05) is 11.6 Å². The van der Waals surface area contributed by atoms with E-state index >= 15 is 0 Å². The lowest BCUT2D eigenvalue weighted by atomic mass is 10.0. The summed E-state index contributed by atoms with van der Waals surface area (Å²) in [6.07, 6.45) is -5.39. The molecule has 0 amide bonds. The maximum atomic E-state index is 12.9. The van der Waals surface area contributed by atoms with Crippen LogP contribution < -0.4 is 4.72 Å². The average Bonchev–Trinajstić information content (AvgIpc) is 2.30. The lowest BCUT2D eigenvalue weighted by Gasteiger charge is -2.28. The molecule has 1 unspecified atom stereocenters. The van der Waals surface area contributed by atoms with Gasteiger partial charge < -0.3 is 5.11 Å². The minimum Gasteiger partial charge on any atom is -0.480 e. The minimum absolute atomic E-state index is 0.151. The van der Waals surface area contributed by atoms with Crippen molar-refractivity contribution in [3.8, 4) is 0 Å². The van der Waals surface area contributed by atoms with Crippen LogP contribution >= 0.6 is 11.6 Å². The molecule has 0 heterocycles. The van der Waals surface area contributed by atoms with E-state index in [0.717, 1.165) is 4.72 Å². The Labute approximate surface area is 121 Å². The Hall–Kier alpha value is -1.39. The van der Waals surface area contributed by atoms with E-state index in [4.69, 9.17) is 16.7 Å². The molecule has 2 N–H and O–H groups in total. The molecule has 0 aliphatic carbocycles. The number of carboxylic acid groups (broad SMARTS) is 1. The average molecular weight is 350 g/mol. The number of nitrogens with one attached hydrogen (secondary N) is 1. The lowest BCUT2D eigenvalue weighted by molar-refractivity contribution is -0.201. The van der Waals surface area contributed by atoms with E-state index in [9.17, 15) is 30.8 Å². The Balaban J connectivity index is 3.31. The number of hydrogen-bond donors (Lipinski definition) is 2. The van der Waals surface area contributed by atoms with Crippen LogP contribution in [0.1, 0.15) is 6.92 Å². The highest BCUT2D eigenvalue weighted by molar-refractivity contribution is 7.89. The number of sulfonamides is 1. The Bertz CT molecular complexity index is 676. The molecule has 1 rings (SSSR count). The van der Waals surface area contributed by atoms with Crippen molar-refractivity contribution in [3.63, 3.8) is 0 Å². The number of hydrogen-bond acceptors (Lipinski definition) is 3. The third-order valence-electron chi connectivity index (χ3n) is 2.53. The topological polar surface area (TPSA) is 83.5 Å². The molecule has 0 radical (unpaired) electrons. The summed E-state index contributed by atoms with van der Waals surface area (Å²) in [6, 6.07) is 1.85. The molecule has 1 aromatic carbocycles. The number of carboxylic acids is 1. The maximum absolute atomic E-state index is 12.9. The summed E-state index contributed by atoms with van der Waals surface area (Å²) < 4.78 is 75.8. The van der Waals surface area contributed by atoms with Crippen LogP contribution in [-0.2, 0) is 14.8 Å². The molecule has 0 fully saturated rings. The van der Waals surface area contributed by atoms with Gasteiger partial charge in [0.2, 0.25) is 15.6 Å². The van der Waals surface area contributed by atoms with Gasteiger partial charge in [0.15, 0.2) is 0 Å². The molecule has 21 heavy (non-hydrogen) atoms. The van der Waals surface area contributed by atoms with Crippen molar-refractivity contribution >= 4 is 27.6 Å².